The highest BCUT2D eigenvalue weighted by atomic mass is 32.2. The van der Waals surface area contributed by atoms with E-state index in [0.717, 1.165) is 79.1 Å². The Kier molecular flexibility index (Phi) is 13.4. The predicted molar refractivity (Wildman–Crippen MR) is 223 cm³/mol. The zero-order valence-electron chi connectivity index (χ0n) is 32.7. The van der Waals surface area contributed by atoms with Crippen LogP contribution < -0.4 is 15.4 Å². The van der Waals surface area contributed by atoms with E-state index in [-0.39, 0.29) is 22.3 Å². The number of thioether (sulfide) groups is 1. The Hall–Kier alpha value is -6.32. The number of amides is 3. The number of nitrogens with one attached hydrogen (secondary N) is 3. The van der Waals surface area contributed by atoms with Crippen molar-refractivity contribution in [2.45, 2.75) is 57.1 Å². The quantitative estimate of drug-likeness (QED) is 0.111. The molecule has 1 atom stereocenters. The number of carbonyl (C=O) groups is 3. The van der Waals surface area contributed by atoms with Gasteiger partial charge in [-0.25, -0.2) is 4.98 Å². The van der Waals surface area contributed by atoms with Crippen LogP contribution in [0.1, 0.15) is 56.6 Å². The number of carbonyl (C=O) groups excluding carboxylic acids is 3. The molecule has 11 nitrogen and oxygen atoms in total. The molecule has 2 aliphatic heterocycles. The van der Waals surface area contributed by atoms with Crippen LogP contribution in [0, 0.1) is 0 Å². The van der Waals surface area contributed by atoms with Crippen molar-refractivity contribution in [3.63, 3.8) is 0 Å². The second-order valence-corrected chi connectivity index (χ2v) is 15.5. The molecule has 6 aromatic rings. The summed E-state index contributed by atoms with van der Waals surface area (Å²) in [5, 5.41) is 11.4. The number of imide groups is 1. The molecule has 0 aliphatic carbocycles. The zero-order chi connectivity index (χ0) is 42.1. The van der Waals surface area contributed by atoms with Crippen LogP contribution in [0.3, 0.4) is 0 Å². The number of alkyl halides is 3. The molecule has 4 heterocycles. The molecular formula is C45H42F3N7O4S. The van der Waals surface area contributed by atoms with E-state index < -0.39 is 11.7 Å². The minimum atomic E-state index is -4.41. The number of H-pyrrole nitrogens is 1. The summed E-state index contributed by atoms with van der Waals surface area (Å²) >= 11 is 1.05. The highest BCUT2D eigenvalue weighted by molar-refractivity contribution is 8.15. The Labute approximate surface area is 349 Å². The highest BCUT2D eigenvalue weighted by Crippen LogP contribution is 2.32. The van der Waals surface area contributed by atoms with Crippen LogP contribution in [-0.2, 0) is 49.7 Å². The van der Waals surface area contributed by atoms with Crippen LogP contribution >= 0.6 is 11.8 Å². The van der Waals surface area contributed by atoms with Crippen molar-refractivity contribution in [2.75, 3.05) is 18.5 Å². The zero-order valence-corrected chi connectivity index (χ0v) is 33.5. The molecule has 8 rings (SSSR count). The number of ether oxygens (including phenoxy) is 1. The fourth-order valence-corrected chi connectivity index (χ4v) is 7.72. The lowest BCUT2D eigenvalue weighted by atomic mass is 9.97. The van der Waals surface area contributed by atoms with E-state index in [9.17, 15) is 27.6 Å². The van der Waals surface area contributed by atoms with Gasteiger partial charge in [-0.05, 0) is 101 Å². The van der Waals surface area contributed by atoms with Crippen molar-refractivity contribution >= 4 is 34.5 Å². The molecule has 3 N–H and O–H groups in total. The number of rotatable bonds is 12. The number of fused-ring (bicyclic) bond motifs is 1. The van der Waals surface area contributed by atoms with Gasteiger partial charge in [0.2, 0.25) is 5.91 Å². The van der Waals surface area contributed by atoms with E-state index in [1.807, 2.05) is 54.7 Å². The van der Waals surface area contributed by atoms with Crippen LogP contribution in [0.25, 0.3) is 11.1 Å². The molecule has 308 valence electrons. The van der Waals surface area contributed by atoms with Gasteiger partial charge in [0, 0.05) is 42.7 Å². The van der Waals surface area contributed by atoms with Crippen molar-refractivity contribution in [3.05, 3.63) is 161 Å². The van der Waals surface area contributed by atoms with Crippen molar-refractivity contribution in [2.24, 2.45) is 0 Å². The van der Waals surface area contributed by atoms with Crippen LogP contribution in [0.4, 0.5) is 23.7 Å². The van der Waals surface area contributed by atoms with Gasteiger partial charge in [0.15, 0.2) is 0 Å². The van der Waals surface area contributed by atoms with Gasteiger partial charge in [-0.1, -0.05) is 73.3 Å². The summed E-state index contributed by atoms with van der Waals surface area (Å²) in [7, 11) is 0. The maximum Gasteiger partial charge on any atom is 0.416 e. The number of hydrogen-bond acceptors (Lipinski definition) is 9. The molecule has 3 amide bonds. The second kappa shape index (κ2) is 19.2. The molecule has 60 heavy (non-hydrogen) atoms. The molecule has 0 radical (unpaired) electrons. The smallest absolute Gasteiger partial charge is 0.416 e. The van der Waals surface area contributed by atoms with E-state index in [1.165, 1.54) is 35.2 Å². The first-order valence-corrected chi connectivity index (χ1v) is 20.3. The predicted octanol–water partition coefficient (Wildman–Crippen LogP) is 8.46. The number of aryl methyl sites for hydroxylation is 1. The van der Waals surface area contributed by atoms with Gasteiger partial charge in [0.05, 0.1) is 24.0 Å². The Morgan fingerprint density at radius 2 is 1.72 bits per heavy atom. The Bertz CT molecular complexity index is 2410. The molecule has 0 bridgehead atoms. The van der Waals surface area contributed by atoms with E-state index in [2.05, 4.69) is 48.7 Å². The maximum absolute atomic E-state index is 13.1. The molecule has 4 aromatic carbocycles. The summed E-state index contributed by atoms with van der Waals surface area (Å²) in [4.78, 5) is 46.8. The van der Waals surface area contributed by atoms with Gasteiger partial charge in [-0.2, -0.15) is 18.3 Å². The minimum absolute atomic E-state index is 0.211. The lowest BCUT2D eigenvalue weighted by Gasteiger charge is -2.28. The van der Waals surface area contributed by atoms with Crippen LogP contribution in [-0.4, -0.2) is 60.5 Å². The summed E-state index contributed by atoms with van der Waals surface area (Å²) in [5.41, 5.74) is 7.08. The average Bonchev–Trinajstić information content (AvgIpc) is 3.89. The summed E-state index contributed by atoms with van der Waals surface area (Å²) < 4.78 is 44.5. The van der Waals surface area contributed by atoms with Crippen LogP contribution in [0.5, 0.6) is 5.75 Å². The molecule has 0 spiro atoms. The van der Waals surface area contributed by atoms with Crippen LogP contribution in [0.2, 0.25) is 0 Å². The highest BCUT2D eigenvalue weighted by Gasteiger charge is 2.32. The lowest BCUT2D eigenvalue weighted by Crippen LogP contribution is -2.30. The summed E-state index contributed by atoms with van der Waals surface area (Å²) in [5.74, 6) is 1.08. The first kappa shape index (κ1) is 41.8. The van der Waals surface area contributed by atoms with E-state index in [4.69, 9.17) is 4.74 Å². The van der Waals surface area contributed by atoms with Gasteiger partial charge < -0.3 is 10.1 Å². The Morgan fingerprint density at radius 3 is 2.40 bits per heavy atom. The lowest BCUT2D eigenvalue weighted by molar-refractivity contribution is -0.137. The first-order valence-electron chi connectivity index (χ1n) is 19.4. The number of benzene rings is 4. The number of nitrogens with zero attached hydrogens (tertiary/aromatic N) is 4. The van der Waals surface area contributed by atoms with E-state index in [0.29, 0.717) is 42.0 Å². The fourth-order valence-electron chi connectivity index (χ4n) is 6.86. The summed E-state index contributed by atoms with van der Waals surface area (Å²) in [6.45, 7) is 5.01. The third kappa shape index (κ3) is 11.0. The Balaban J connectivity index is 0.000000192. The number of aromatic amines is 1. The second-order valence-electron chi connectivity index (χ2n) is 14.3. The number of hydrogen-bond donors (Lipinski definition) is 3. The third-order valence-electron chi connectivity index (χ3n) is 10.1. The molecular weight excluding hydrogens is 792 g/mol. The van der Waals surface area contributed by atoms with Gasteiger partial charge in [-0.3, -0.25) is 34.7 Å². The molecule has 2 aliphatic rings. The summed E-state index contributed by atoms with van der Waals surface area (Å²) in [6.07, 6.45) is 2.13. The SMILES string of the molecule is CCc1ccc(CCOc2ccc(CC3SC(=O)NC3=O)cc2)nc1.O=C(Nc1ccc2c(c1)CCN(Cc1ncn[nH]1)C2)c1ccccc1-c1ccc(C(F)(F)F)cc1. The van der Waals surface area contributed by atoms with Gasteiger partial charge in [0.25, 0.3) is 11.1 Å². The average molecular weight is 834 g/mol. The third-order valence-corrected chi connectivity index (χ3v) is 11.1. The largest absolute Gasteiger partial charge is 0.493 e. The van der Waals surface area contributed by atoms with Gasteiger partial charge in [-0.15, -0.1) is 0 Å². The van der Waals surface area contributed by atoms with Crippen molar-refractivity contribution < 1.29 is 32.3 Å². The molecule has 1 saturated heterocycles. The molecule has 0 saturated carbocycles. The number of pyridine rings is 1. The maximum atomic E-state index is 13.1. The normalized spacial score (nSPS) is 15.1. The standard InChI is InChI=1S/C26H22F3N5O.C19H20N2O3S/c27-26(28,29)20-8-5-17(6-9-20)22-3-1-2-4-23(22)25(35)32-21-10-7-19-14-34(12-11-18(19)13-21)15-24-30-16-31-33-24;1-2-13-3-6-15(20-12-13)9-10-24-16-7-4-14(5-8-16)11-17-18(22)21-19(23)25-17/h1-10,13,16H,11-12,14-15H2,(H,32,35)(H,30,31,33);3-8,12,17H,2,9-11H2,1H3,(H,21,22,23). The van der Waals surface area contributed by atoms with E-state index in [1.54, 1.807) is 24.3 Å². The molecule has 2 aromatic heterocycles. The van der Waals surface area contributed by atoms with Crippen LogP contribution in [0.15, 0.2) is 116 Å². The van der Waals surface area contributed by atoms with Gasteiger partial charge >= 0.3 is 6.18 Å². The van der Waals surface area contributed by atoms with Crippen molar-refractivity contribution in [1.82, 2.24) is 30.4 Å². The molecule has 1 fully saturated rings. The summed E-state index contributed by atoms with van der Waals surface area (Å²) in [6, 6.07) is 29.4. The number of halogens is 3. The van der Waals surface area contributed by atoms with Gasteiger partial charge in [0.1, 0.15) is 17.9 Å². The topological polar surface area (TPSA) is 142 Å². The van der Waals surface area contributed by atoms with E-state index >= 15 is 0 Å². The monoisotopic (exact) mass is 833 g/mol. The fraction of sp³-hybridized carbons (Fsp3) is 0.244. The minimum Gasteiger partial charge on any atom is -0.493 e. The Morgan fingerprint density at radius 1 is 0.933 bits per heavy atom. The number of aromatic nitrogens is 4. The van der Waals surface area contributed by atoms with Crippen molar-refractivity contribution in [1.29, 1.82) is 0 Å². The molecule has 15 heteroatoms. The first-order chi connectivity index (χ1) is 29.0. The molecule has 1 unspecified atom stereocenters. The van der Waals surface area contributed by atoms with Crippen molar-refractivity contribution in [3.8, 4) is 16.9 Å². The number of anilines is 1.